The van der Waals surface area contributed by atoms with Crippen LogP contribution in [0.3, 0.4) is 0 Å². The van der Waals surface area contributed by atoms with E-state index in [0.717, 1.165) is 54.9 Å². The van der Waals surface area contributed by atoms with Crippen LogP contribution in [0, 0.1) is 0 Å². The zero-order valence-corrected chi connectivity index (χ0v) is 13.0. The monoisotopic (exact) mass is 311 g/mol. The normalized spacial score (nSPS) is 25.8. The molecule has 0 aromatic carbocycles. The molecular formula is C14H21N3O3S. The fourth-order valence-corrected chi connectivity index (χ4v) is 3.98. The molecule has 1 fully saturated rings. The van der Waals surface area contributed by atoms with Gasteiger partial charge in [-0.1, -0.05) is 6.92 Å². The largest absolute Gasteiger partial charge is 0.481 e. The highest BCUT2D eigenvalue weighted by atomic mass is 32.1. The summed E-state index contributed by atoms with van der Waals surface area (Å²) in [7, 11) is 0. The van der Waals surface area contributed by atoms with Gasteiger partial charge < -0.3 is 15.2 Å². The summed E-state index contributed by atoms with van der Waals surface area (Å²) in [6, 6.07) is 0. The molecule has 0 bridgehead atoms. The lowest BCUT2D eigenvalue weighted by Crippen LogP contribution is -2.45. The summed E-state index contributed by atoms with van der Waals surface area (Å²) in [5.41, 5.74) is 0.759. The van der Waals surface area contributed by atoms with Crippen LogP contribution < -0.4 is 5.32 Å². The van der Waals surface area contributed by atoms with E-state index in [1.807, 2.05) is 0 Å². The number of fused-ring (bicyclic) bond motifs is 1. The van der Waals surface area contributed by atoms with E-state index in [9.17, 15) is 9.90 Å². The molecule has 7 heteroatoms. The van der Waals surface area contributed by atoms with Gasteiger partial charge in [-0.3, -0.25) is 9.69 Å². The van der Waals surface area contributed by atoms with Crippen LogP contribution in [0.1, 0.15) is 29.8 Å². The quantitative estimate of drug-likeness (QED) is 0.856. The van der Waals surface area contributed by atoms with Gasteiger partial charge in [0.25, 0.3) is 0 Å². The summed E-state index contributed by atoms with van der Waals surface area (Å²) < 4.78 is 5.75. The van der Waals surface area contributed by atoms with E-state index >= 15 is 0 Å². The maximum Gasteiger partial charge on any atom is 0.312 e. The van der Waals surface area contributed by atoms with Crippen LogP contribution in [0.4, 0.5) is 5.13 Å². The molecule has 1 aromatic rings. The zero-order chi connectivity index (χ0) is 14.8. The van der Waals surface area contributed by atoms with Gasteiger partial charge in [0.1, 0.15) is 5.92 Å². The highest BCUT2D eigenvalue weighted by Gasteiger charge is 2.32. The third-order valence-electron chi connectivity index (χ3n) is 4.17. The number of anilines is 1. The van der Waals surface area contributed by atoms with Gasteiger partial charge in [0.15, 0.2) is 5.13 Å². The Kier molecular flexibility index (Phi) is 4.42. The lowest BCUT2D eigenvalue weighted by atomic mass is 10.1. The molecule has 2 atom stereocenters. The molecule has 1 aromatic heterocycles. The van der Waals surface area contributed by atoms with Crippen LogP contribution >= 0.6 is 11.3 Å². The minimum absolute atomic E-state index is 0.174. The molecule has 1 aliphatic carbocycles. The number of aryl methyl sites for hydroxylation is 1. The summed E-state index contributed by atoms with van der Waals surface area (Å²) in [5.74, 6) is -1.19. The second kappa shape index (κ2) is 6.29. The molecule has 0 spiro atoms. The lowest BCUT2D eigenvalue weighted by molar-refractivity contribution is -0.138. The third-order valence-corrected chi connectivity index (χ3v) is 5.26. The van der Waals surface area contributed by atoms with E-state index in [4.69, 9.17) is 4.74 Å². The van der Waals surface area contributed by atoms with Crippen molar-refractivity contribution in [2.45, 2.75) is 31.8 Å². The van der Waals surface area contributed by atoms with Gasteiger partial charge >= 0.3 is 5.97 Å². The highest BCUT2D eigenvalue weighted by molar-refractivity contribution is 7.15. The first kappa shape index (κ1) is 14.7. The molecule has 2 N–H and O–H groups in total. The maximum atomic E-state index is 11.2. The van der Waals surface area contributed by atoms with Crippen molar-refractivity contribution < 1.29 is 14.6 Å². The molecule has 0 saturated carbocycles. The molecule has 116 valence electrons. The van der Waals surface area contributed by atoms with Crippen molar-refractivity contribution in [1.82, 2.24) is 9.88 Å². The van der Waals surface area contributed by atoms with Crippen LogP contribution in [0.5, 0.6) is 0 Å². The zero-order valence-electron chi connectivity index (χ0n) is 12.2. The van der Waals surface area contributed by atoms with Gasteiger partial charge in [-0.15, -0.1) is 11.3 Å². The average Bonchev–Trinajstić information content (AvgIpc) is 3.04. The number of aliphatic carboxylic acids is 1. The van der Waals surface area contributed by atoms with Crippen molar-refractivity contribution in [3.05, 3.63) is 10.6 Å². The Labute approximate surface area is 128 Å². The molecule has 2 unspecified atom stereocenters. The second-order valence-electron chi connectivity index (χ2n) is 5.52. The van der Waals surface area contributed by atoms with Crippen molar-refractivity contribution >= 4 is 22.4 Å². The molecule has 2 aliphatic rings. The molecular weight excluding hydrogens is 290 g/mol. The highest BCUT2D eigenvalue weighted by Crippen LogP contribution is 2.38. The first-order chi connectivity index (χ1) is 10.2. The SMILES string of the molecule is CCN1CCOC(CNc2nc3c(s2)CCC3C(=O)O)C1. The van der Waals surface area contributed by atoms with E-state index in [1.165, 1.54) is 0 Å². The van der Waals surface area contributed by atoms with Crippen LogP contribution in [-0.4, -0.2) is 59.8 Å². The summed E-state index contributed by atoms with van der Waals surface area (Å²) in [6.45, 7) is 6.64. The lowest BCUT2D eigenvalue weighted by Gasteiger charge is -2.32. The molecule has 21 heavy (non-hydrogen) atoms. The second-order valence-corrected chi connectivity index (χ2v) is 6.61. The van der Waals surface area contributed by atoms with Gasteiger partial charge in [0.05, 0.1) is 18.4 Å². The smallest absolute Gasteiger partial charge is 0.312 e. The van der Waals surface area contributed by atoms with E-state index in [-0.39, 0.29) is 6.10 Å². The summed E-state index contributed by atoms with van der Waals surface area (Å²) in [6.07, 6.45) is 1.68. The number of nitrogens with one attached hydrogen (secondary N) is 1. The van der Waals surface area contributed by atoms with Crippen molar-refractivity contribution in [2.75, 3.05) is 38.1 Å². The van der Waals surface area contributed by atoms with Crippen LogP contribution in [0.2, 0.25) is 0 Å². The van der Waals surface area contributed by atoms with Crippen molar-refractivity contribution in [3.63, 3.8) is 0 Å². The van der Waals surface area contributed by atoms with E-state index in [1.54, 1.807) is 11.3 Å². The molecule has 2 heterocycles. The van der Waals surface area contributed by atoms with Crippen molar-refractivity contribution in [3.8, 4) is 0 Å². The fraction of sp³-hybridized carbons (Fsp3) is 0.714. The van der Waals surface area contributed by atoms with Gasteiger partial charge in [-0.2, -0.15) is 0 Å². The minimum atomic E-state index is -0.764. The number of hydrogen-bond donors (Lipinski definition) is 2. The van der Waals surface area contributed by atoms with E-state index < -0.39 is 11.9 Å². The molecule has 3 rings (SSSR count). The summed E-state index contributed by atoms with van der Waals surface area (Å²) in [5, 5.41) is 13.3. The fourth-order valence-electron chi connectivity index (χ4n) is 2.94. The number of carboxylic acid groups (broad SMARTS) is 1. The number of likely N-dealkylation sites (N-methyl/N-ethyl adjacent to an activating group) is 1. The number of morpholine rings is 1. The van der Waals surface area contributed by atoms with Crippen molar-refractivity contribution in [2.24, 2.45) is 0 Å². The Bertz CT molecular complexity index is 520. The van der Waals surface area contributed by atoms with E-state index in [0.29, 0.717) is 6.42 Å². The number of thiazole rings is 1. The number of carbonyl (C=O) groups is 1. The predicted molar refractivity (Wildman–Crippen MR) is 81.2 cm³/mol. The molecule has 1 saturated heterocycles. The standard InChI is InChI=1S/C14H21N3O3S/c1-2-17-5-6-20-9(8-17)7-15-14-16-12-10(13(18)19)3-4-11(12)21-14/h9-10H,2-8H2,1H3,(H,15,16)(H,18,19). The Balaban J connectivity index is 1.57. The summed E-state index contributed by atoms with van der Waals surface area (Å²) >= 11 is 1.58. The molecule has 0 radical (unpaired) electrons. The Morgan fingerprint density at radius 2 is 2.48 bits per heavy atom. The topological polar surface area (TPSA) is 74.7 Å². The van der Waals surface area contributed by atoms with Gasteiger partial charge in [0.2, 0.25) is 0 Å². The number of aromatic nitrogens is 1. The molecule has 1 aliphatic heterocycles. The first-order valence-corrected chi connectivity index (χ1v) is 8.29. The molecule has 6 nitrogen and oxygen atoms in total. The first-order valence-electron chi connectivity index (χ1n) is 7.47. The number of hydrogen-bond acceptors (Lipinski definition) is 6. The van der Waals surface area contributed by atoms with Crippen LogP contribution in [-0.2, 0) is 16.0 Å². The van der Waals surface area contributed by atoms with Crippen LogP contribution in [0.15, 0.2) is 0 Å². The number of ether oxygens (including phenoxy) is 1. The Hall–Kier alpha value is -1.18. The predicted octanol–water partition coefficient (Wildman–Crippen LogP) is 1.39. The van der Waals surface area contributed by atoms with Crippen molar-refractivity contribution in [1.29, 1.82) is 0 Å². The Morgan fingerprint density at radius 1 is 1.62 bits per heavy atom. The van der Waals surface area contributed by atoms with Gasteiger partial charge in [-0.25, -0.2) is 4.98 Å². The van der Waals surface area contributed by atoms with Gasteiger partial charge in [0, 0.05) is 24.5 Å². The van der Waals surface area contributed by atoms with Gasteiger partial charge in [-0.05, 0) is 19.4 Å². The number of carboxylic acids is 1. The number of nitrogens with zero attached hydrogens (tertiary/aromatic N) is 2. The third kappa shape index (κ3) is 3.20. The Morgan fingerprint density at radius 3 is 3.24 bits per heavy atom. The average molecular weight is 311 g/mol. The summed E-state index contributed by atoms with van der Waals surface area (Å²) in [4.78, 5) is 19.1. The minimum Gasteiger partial charge on any atom is -0.481 e. The number of rotatable bonds is 5. The van der Waals surface area contributed by atoms with Crippen LogP contribution in [0.25, 0.3) is 0 Å². The maximum absolute atomic E-state index is 11.2. The van der Waals surface area contributed by atoms with E-state index in [2.05, 4.69) is 22.1 Å². The molecule has 0 amide bonds.